The van der Waals surface area contributed by atoms with E-state index in [1.165, 1.54) is 11.3 Å². The summed E-state index contributed by atoms with van der Waals surface area (Å²) in [6.45, 7) is 5.00. The summed E-state index contributed by atoms with van der Waals surface area (Å²) in [5.74, 6) is 0.114. The lowest BCUT2D eigenvalue weighted by Gasteiger charge is -2.21. The second kappa shape index (κ2) is 7.51. The second-order valence-corrected chi connectivity index (χ2v) is 5.99. The van der Waals surface area contributed by atoms with E-state index in [9.17, 15) is 9.59 Å². The lowest BCUT2D eigenvalue weighted by Crippen LogP contribution is -2.37. The average molecular weight is 310 g/mol. The van der Waals surface area contributed by atoms with Gasteiger partial charge in [-0.1, -0.05) is 6.92 Å². The van der Waals surface area contributed by atoms with Crippen molar-refractivity contribution in [2.75, 3.05) is 32.7 Å². The van der Waals surface area contributed by atoms with Gasteiger partial charge in [-0.25, -0.2) is 4.98 Å². The molecule has 6 nitrogen and oxygen atoms in total. The topological polar surface area (TPSA) is 79.5 Å². The number of hydrogen-bond acceptors (Lipinski definition) is 5. The Bertz CT molecular complexity index is 503. The van der Waals surface area contributed by atoms with Gasteiger partial charge < -0.3 is 15.5 Å². The molecule has 0 aromatic carbocycles. The lowest BCUT2D eigenvalue weighted by molar-refractivity contribution is -0.130. The molecule has 0 radical (unpaired) electrons. The number of nitrogens with zero attached hydrogens (tertiary/aromatic N) is 3. The highest BCUT2D eigenvalue weighted by atomic mass is 32.1. The second-order valence-electron chi connectivity index (χ2n) is 5.05. The summed E-state index contributed by atoms with van der Waals surface area (Å²) in [5, 5.41) is 2.70. The number of amides is 2. The summed E-state index contributed by atoms with van der Waals surface area (Å²) in [4.78, 5) is 32.2. The fourth-order valence-corrected chi connectivity index (χ4v) is 3.19. The van der Waals surface area contributed by atoms with E-state index in [0.717, 1.165) is 18.0 Å². The smallest absolute Gasteiger partial charge is 0.273 e. The van der Waals surface area contributed by atoms with Crippen LogP contribution in [0.15, 0.2) is 5.38 Å². The molecule has 2 N–H and O–H groups in total. The summed E-state index contributed by atoms with van der Waals surface area (Å²) < 4.78 is 0. The van der Waals surface area contributed by atoms with Crippen molar-refractivity contribution in [2.24, 2.45) is 5.73 Å². The van der Waals surface area contributed by atoms with Gasteiger partial charge in [0.1, 0.15) is 5.69 Å². The molecule has 21 heavy (non-hydrogen) atoms. The van der Waals surface area contributed by atoms with Crippen LogP contribution in [-0.4, -0.2) is 59.3 Å². The average Bonchev–Trinajstić information content (AvgIpc) is 2.82. The lowest BCUT2D eigenvalue weighted by atomic mass is 10.3. The van der Waals surface area contributed by atoms with Crippen molar-refractivity contribution in [3.63, 3.8) is 0 Å². The van der Waals surface area contributed by atoms with Crippen LogP contribution >= 0.6 is 11.3 Å². The molecule has 2 rings (SSSR count). The number of nitrogens with two attached hydrogens (primary N) is 1. The number of thiazole rings is 1. The molecule has 7 heteroatoms. The molecule has 1 aromatic heterocycles. The molecule has 0 aliphatic carbocycles. The van der Waals surface area contributed by atoms with E-state index in [2.05, 4.69) is 4.98 Å². The minimum atomic E-state index is -0.0414. The van der Waals surface area contributed by atoms with Crippen molar-refractivity contribution in [3.05, 3.63) is 16.1 Å². The van der Waals surface area contributed by atoms with Gasteiger partial charge in [0.15, 0.2) is 0 Å². The molecular weight excluding hydrogens is 288 g/mol. The summed E-state index contributed by atoms with van der Waals surface area (Å²) >= 11 is 1.48. The van der Waals surface area contributed by atoms with Crippen molar-refractivity contribution >= 4 is 23.2 Å². The maximum absolute atomic E-state index is 12.5. The number of hydrogen-bond donors (Lipinski definition) is 1. The van der Waals surface area contributed by atoms with Crippen molar-refractivity contribution in [1.29, 1.82) is 0 Å². The van der Waals surface area contributed by atoms with Crippen molar-refractivity contribution < 1.29 is 9.59 Å². The van der Waals surface area contributed by atoms with E-state index in [4.69, 9.17) is 5.73 Å². The molecule has 0 bridgehead atoms. The molecule has 1 aromatic rings. The first-order chi connectivity index (χ1) is 10.2. The number of carbonyl (C=O) groups is 2. The van der Waals surface area contributed by atoms with E-state index in [1.807, 2.05) is 11.8 Å². The first-order valence-electron chi connectivity index (χ1n) is 7.37. The molecule has 0 spiro atoms. The first kappa shape index (κ1) is 15.9. The molecule has 0 saturated carbocycles. The molecule has 116 valence electrons. The summed E-state index contributed by atoms with van der Waals surface area (Å²) in [5.41, 5.74) is 6.00. The van der Waals surface area contributed by atoms with Gasteiger partial charge in [-0.15, -0.1) is 11.3 Å². The van der Waals surface area contributed by atoms with Crippen molar-refractivity contribution in [2.45, 2.75) is 26.2 Å². The third kappa shape index (κ3) is 4.01. The van der Waals surface area contributed by atoms with E-state index >= 15 is 0 Å². The first-order valence-corrected chi connectivity index (χ1v) is 8.25. The fraction of sp³-hybridized carbons (Fsp3) is 0.643. The van der Waals surface area contributed by atoms with Gasteiger partial charge in [0.05, 0.1) is 5.01 Å². The van der Waals surface area contributed by atoms with Gasteiger partial charge >= 0.3 is 0 Å². The Kier molecular flexibility index (Phi) is 5.69. The standard InChI is InChI=1S/C14H22N4O2S/c1-2-13(19)17-6-3-7-18(9-8-17)14(20)11-10-21-12(16-11)4-5-15/h10H,2-9,15H2,1H3. The number of rotatable bonds is 4. The zero-order valence-electron chi connectivity index (χ0n) is 12.4. The van der Waals surface area contributed by atoms with Crippen LogP contribution in [0.2, 0.25) is 0 Å². The normalized spacial score (nSPS) is 15.9. The zero-order chi connectivity index (χ0) is 15.2. The largest absolute Gasteiger partial charge is 0.341 e. The predicted molar refractivity (Wildman–Crippen MR) is 82.3 cm³/mol. The third-order valence-corrected chi connectivity index (χ3v) is 4.48. The fourth-order valence-electron chi connectivity index (χ4n) is 2.40. The monoisotopic (exact) mass is 310 g/mol. The Hall–Kier alpha value is -1.47. The molecule has 2 amide bonds. The molecule has 1 fully saturated rings. The Labute approximate surface area is 128 Å². The molecule has 1 saturated heterocycles. The van der Waals surface area contributed by atoms with Crippen LogP contribution in [0, 0.1) is 0 Å². The summed E-state index contributed by atoms with van der Waals surface area (Å²) in [6.07, 6.45) is 2.04. The molecule has 2 heterocycles. The Morgan fingerprint density at radius 3 is 2.71 bits per heavy atom. The Morgan fingerprint density at radius 1 is 1.29 bits per heavy atom. The Balaban J connectivity index is 1.97. The van der Waals surface area contributed by atoms with Gasteiger partial charge in [-0.3, -0.25) is 9.59 Å². The third-order valence-electron chi connectivity index (χ3n) is 3.57. The van der Waals surface area contributed by atoms with E-state index in [1.54, 1.807) is 10.3 Å². The van der Waals surface area contributed by atoms with Crippen LogP contribution in [0.1, 0.15) is 35.3 Å². The van der Waals surface area contributed by atoms with Crippen LogP contribution in [0.4, 0.5) is 0 Å². The van der Waals surface area contributed by atoms with Crippen LogP contribution in [0.3, 0.4) is 0 Å². The van der Waals surface area contributed by atoms with Crippen LogP contribution in [-0.2, 0) is 11.2 Å². The zero-order valence-corrected chi connectivity index (χ0v) is 13.2. The van der Waals surface area contributed by atoms with E-state index in [-0.39, 0.29) is 11.8 Å². The molecule has 0 unspecified atom stereocenters. The minimum Gasteiger partial charge on any atom is -0.341 e. The quantitative estimate of drug-likeness (QED) is 0.889. The van der Waals surface area contributed by atoms with Gasteiger partial charge in [0.25, 0.3) is 5.91 Å². The highest BCUT2D eigenvalue weighted by molar-refractivity contribution is 7.09. The predicted octanol–water partition coefficient (Wildman–Crippen LogP) is 0.729. The van der Waals surface area contributed by atoms with Crippen LogP contribution in [0.25, 0.3) is 0 Å². The van der Waals surface area contributed by atoms with Crippen molar-refractivity contribution in [3.8, 4) is 0 Å². The Morgan fingerprint density at radius 2 is 2.00 bits per heavy atom. The molecule has 1 aliphatic heterocycles. The van der Waals surface area contributed by atoms with Gasteiger partial charge in [0.2, 0.25) is 5.91 Å². The summed E-state index contributed by atoms with van der Waals surface area (Å²) in [7, 11) is 0. The van der Waals surface area contributed by atoms with E-state index < -0.39 is 0 Å². The van der Waals surface area contributed by atoms with Crippen molar-refractivity contribution in [1.82, 2.24) is 14.8 Å². The number of aromatic nitrogens is 1. The maximum Gasteiger partial charge on any atom is 0.273 e. The van der Waals surface area contributed by atoms with Crippen LogP contribution in [0.5, 0.6) is 0 Å². The minimum absolute atomic E-state index is 0.0414. The van der Waals surface area contributed by atoms with Gasteiger partial charge in [-0.2, -0.15) is 0 Å². The van der Waals surface area contributed by atoms with Gasteiger partial charge in [0, 0.05) is 44.4 Å². The SMILES string of the molecule is CCC(=O)N1CCCN(C(=O)c2csc(CCN)n2)CC1. The maximum atomic E-state index is 12.5. The van der Waals surface area contributed by atoms with Crippen LogP contribution < -0.4 is 5.73 Å². The van der Waals surface area contributed by atoms with Gasteiger partial charge in [-0.05, 0) is 13.0 Å². The molecular formula is C14H22N4O2S. The summed E-state index contributed by atoms with van der Waals surface area (Å²) in [6, 6.07) is 0. The molecule has 1 aliphatic rings. The van der Waals surface area contributed by atoms with E-state index in [0.29, 0.717) is 44.7 Å². The highest BCUT2D eigenvalue weighted by Crippen LogP contribution is 2.14. The molecule has 0 atom stereocenters. The highest BCUT2D eigenvalue weighted by Gasteiger charge is 2.23. The number of carbonyl (C=O) groups excluding carboxylic acids is 2.